The van der Waals surface area contributed by atoms with E-state index in [4.69, 9.17) is 9.47 Å². The van der Waals surface area contributed by atoms with Gasteiger partial charge in [-0.25, -0.2) is 9.78 Å². The molecule has 2 fully saturated rings. The lowest BCUT2D eigenvalue weighted by Gasteiger charge is -2.39. The third-order valence-electron chi connectivity index (χ3n) is 5.26. The largest absolute Gasteiger partial charge is 0.388 e. The molecule has 0 spiro atoms. The second-order valence-corrected chi connectivity index (χ2v) is 6.99. The van der Waals surface area contributed by atoms with Crippen LogP contribution in [0, 0.1) is 0 Å². The number of carbonyl (C=O) groups is 1. The first-order chi connectivity index (χ1) is 13.7. The zero-order chi connectivity index (χ0) is 19.1. The van der Waals surface area contributed by atoms with Crippen LogP contribution < -0.4 is 10.6 Å². The van der Waals surface area contributed by atoms with E-state index in [0.717, 1.165) is 11.0 Å². The summed E-state index contributed by atoms with van der Waals surface area (Å²) in [6.07, 6.45) is -0.226. The Bertz CT molecular complexity index is 992. The molecule has 0 radical (unpaired) electrons. The smallest absolute Gasteiger partial charge is 0.319 e. The third kappa shape index (κ3) is 2.91. The maximum atomic E-state index is 12.5. The Kier molecular flexibility index (Phi) is 4.23. The Balaban J connectivity index is 1.39. The van der Waals surface area contributed by atoms with Crippen LogP contribution in [0.15, 0.2) is 60.9 Å². The molecule has 1 aromatic heterocycles. The molecule has 8 nitrogen and oxygen atoms in total. The zero-order valence-corrected chi connectivity index (χ0v) is 14.9. The van der Waals surface area contributed by atoms with Gasteiger partial charge in [-0.3, -0.25) is 0 Å². The predicted octanol–water partition coefficient (Wildman–Crippen LogP) is 1.88. The van der Waals surface area contributed by atoms with Crippen LogP contribution in [-0.2, 0) is 9.47 Å². The van der Waals surface area contributed by atoms with Gasteiger partial charge in [0.15, 0.2) is 6.29 Å². The highest BCUT2D eigenvalue weighted by molar-refractivity contribution is 5.89. The minimum Gasteiger partial charge on any atom is -0.388 e. The van der Waals surface area contributed by atoms with Gasteiger partial charge in [-0.05, 0) is 24.3 Å². The molecule has 0 unspecified atom stereocenters. The summed E-state index contributed by atoms with van der Waals surface area (Å²) in [5.74, 6) is 0. The van der Waals surface area contributed by atoms with Gasteiger partial charge in [-0.2, -0.15) is 0 Å². The van der Waals surface area contributed by atoms with E-state index < -0.39 is 36.6 Å². The summed E-state index contributed by atoms with van der Waals surface area (Å²) < 4.78 is 13.6. The minimum absolute atomic E-state index is 0.307. The topological polar surface area (TPSA) is 97.6 Å². The molecular formula is C20H20N4O4. The van der Waals surface area contributed by atoms with Crippen LogP contribution >= 0.6 is 0 Å². The van der Waals surface area contributed by atoms with Gasteiger partial charge in [0.05, 0.1) is 30.0 Å². The van der Waals surface area contributed by atoms with E-state index in [1.54, 1.807) is 18.5 Å². The van der Waals surface area contributed by atoms with Gasteiger partial charge in [0.25, 0.3) is 0 Å². The van der Waals surface area contributed by atoms with Crippen molar-refractivity contribution in [2.24, 2.45) is 0 Å². The van der Waals surface area contributed by atoms with E-state index >= 15 is 0 Å². The van der Waals surface area contributed by atoms with Crippen molar-refractivity contribution in [3.63, 3.8) is 0 Å². The molecule has 2 saturated heterocycles. The number of imidazole rings is 1. The molecule has 2 aromatic carbocycles. The predicted molar refractivity (Wildman–Crippen MR) is 102 cm³/mol. The van der Waals surface area contributed by atoms with E-state index in [0.29, 0.717) is 12.3 Å². The third-order valence-corrected chi connectivity index (χ3v) is 5.26. The van der Waals surface area contributed by atoms with E-state index in [2.05, 4.69) is 15.6 Å². The van der Waals surface area contributed by atoms with Crippen LogP contribution in [0.1, 0.15) is 6.04 Å². The molecule has 144 valence electrons. The number of amides is 2. The van der Waals surface area contributed by atoms with Crippen molar-refractivity contribution in [1.82, 2.24) is 14.9 Å². The lowest BCUT2D eigenvalue weighted by atomic mass is 9.96. The molecule has 5 rings (SSSR count). The van der Waals surface area contributed by atoms with Crippen molar-refractivity contribution in [1.29, 1.82) is 0 Å². The molecule has 2 amide bonds. The summed E-state index contributed by atoms with van der Waals surface area (Å²) in [4.78, 5) is 16.9. The summed E-state index contributed by atoms with van der Waals surface area (Å²) in [5.41, 5.74) is 2.36. The fraction of sp³-hybridized carbons (Fsp3) is 0.300. The Hall–Kier alpha value is -2.94. The number of nitrogens with one attached hydrogen (secondary N) is 2. The Morgan fingerprint density at radius 1 is 1.14 bits per heavy atom. The number of rotatable bonds is 3. The summed E-state index contributed by atoms with van der Waals surface area (Å²) in [7, 11) is 0. The number of fused-ring (bicyclic) bond motifs is 3. The average molecular weight is 380 g/mol. The highest BCUT2D eigenvalue weighted by Gasteiger charge is 2.51. The van der Waals surface area contributed by atoms with Gasteiger partial charge >= 0.3 is 6.03 Å². The van der Waals surface area contributed by atoms with E-state index in [1.165, 1.54) is 0 Å². The number of anilines is 1. The van der Waals surface area contributed by atoms with E-state index in [-0.39, 0.29) is 0 Å². The molecule has 2 aliphatic heterocycles. The first kappa shape index (κ1) is 17.2. The second-order valence-electron chi connectivity index (χ2n) is 6.99. The molecule has 3 N–H and O–H groups in total. The summed E-state index contributed by atoms with van der Waals surface area (Å²) in [5, 5.41) is 16.7. The molecule has 0 saturated carbocycles. The van der Waals surface area contributed by atoms with Crippen molar-refractivity contribution in [2.45, 2.75) is 30.6 Å². The Labute approximate surface area is 161 Å². The fourth-order valence-electron chi connectivity index (χ4n) is 3.93. The highest BCUT2D eigenvalue weighted by atomic mass is 16.7. The van der Waals surface area contributed by atoms with Crippen LogP contribution in [0.4, 0.5) is 10.5 Å². The van der Waals surface area contributed by atoms with Crippen molar-refractivity contribution < 1.29 is 19.4 Å². The number of carbonyl (C=O) groups excluding carboxylic acids is 1. The van der Waals surface area contributed by atoms with Gasteiger partial charge in [0.2, 0.25) is 0 Å². The number of nitrogens with zero attached hydrogens (tertiary/aromatic N) is 2. The second kappa shape index (κ2) is 6.90. The number of ether oxygens (including phenoxy) is 2. The van der Waals surface area contributed by atoms with Crippen molar-refractivity contribution in [2.75, 3.05) is 11.9 Å². The maximum absolute atomic E-state index is 12.5. The van der Waals surface area contributed by atoms with Crippen LogP contribution in [0.5, 0.6) is 0 Å². The number of benzene rings is 2. The number of hydrogen-bond acceptors (Lipinski definition) is 5. The molecule has 5 atom stereocenters. The molecule has 3 aromatic rings. The number of aliphatic hydroxyl groups excluding tert-OH is 1. The van der Waals surface area contributed by atoms with E-state index in [9.17, 15) is 9.90 Å². The minimum atomic E-state index is -0.898. The van der Waals surface area contributed by atoms with Crippen LogP contribution in [0.25, 0.3) is 11.0 Å². The number of aromatic nitrogens is 2. The number of aliphatic hydroxyl groups is 1. The van der Waals surface area contributed by atoms with Gasteiger partial charge < -0.3 is 29.8 Å². The molecule has 2 aliphatic rings. The normalized spacial score (nSPS) is 29.0. The molecule has 8 heteroatoms. The van der Waals surface area contributed by atoms with Gasteiger partial charge in [-0.15, -0.1) is 0 Å². The molecule has 2 bridgehead atoms. The van der Waals surface area contributed by atoms with Crippen LogP contribution in [0.3, 0.4) is 0 Å². The fourth-order valence-corrected chi connectivity index (χ4v) is 3.93. The maximum Gasteiger partial charge on any atom is 0.319 e. The molecule has 0 aliphatic carbocycles. The lowest BCUT2D eigenvalue weighted by molar-refractivity contribution is -0.162. The Morgan fingerprint density at radius 2 is 1.93 bits per heavy atom. The highest BCUT2D eigenvalue weighted by Crippen LogP contribution is 2.37. The van der Waals surface area contributed by atoms with Gasteiger partial charge in [0, 0.05) is 5.69 Å². The zero-order valence-electron chi connectivity index (χ0n) is 14.9. The SMILES string of the molecule is O=C(Nc1ccccc1)N[C@H]1[C@H](O)[C@@H](n2cnc3ccccc32)[C@@H]2OC[C@H]1O2. The first-order valence-corrected chi connectivity index (χ1v) is 9.20. The lowest BCUT2D eigenvalue weighted by Crippen LogP contribution is -2.59. The number of hydrogen-bond donors (Lipinski definition) is 3. The van der Waals surface area contributed by atoms with Crippen molar-refractivity contribution in [3.8, 4) is 0 Å². The molecular weight excluding hydrogens is 360 g/mol. The first-order valence-electron chi connectivity index (χ1n) is 9.20. The van der Waals surface area contributed by atoms with Gasteiger partial charge in [0.1, 0.15) is 18.2 Å². The van der Waals surface area contributed by atoms with Crippen LogP contribution in [0.2, 0.25) is 0 Å². The van der Waals surface area contributed by atoms with E-state index in [1.807, 2.05) is 47.0 Å². The summed E-state index contributed by atoms with van der Waals surface area (Å²) >= 11 is 0. The number of urea groups is 1. The van der Waals surface area contributed by atoms with Crippen molar-refractivity contribution in [3.05, 3.63) is 60.9 Å². The van der Waals surface area contributed by atoms with Gasteiger partial charge in [-0.1, -0.05) is 30.3 Å². The Morgan fingerprint density at radius 3 is 2.79 bits per heavy atom. The molecule has 28 heavy (non-hydrogen) atoms. The summed E-state index contributed by atoms with van der Waals surface area (Å²) in [6, 6.07) is 15.3. The standard InChI is InChI=1S/C20H20N4O4/c25-18-16(23-20(26)22-12-6-2-1-3-7-12)15-10-27-19(28-15)17(18)24-11-21-13-8-4-5-9-14(13)24/h1-9,11,15-19,25H,10H2,(H2,22,23,26)/t15-,16-,17-,18+,19-/m1/s1. The number of para-hydroxylation sites is 3. The quantitative estimate of drug-likeness (QED) is 0.645. The van der Waals surface area contributed by atoms with Crippen molar-refractivity contribution >= 4 is 22.8 Å². The van der Waals surface area contributed by atoms with Crippen LogP contribution in [-0.4, -0.2) is 51.8 Å². The average Bonchev–Trinajstić information content (AvgIpc) is 3.33. The summed E-state index contributed by atoms with van der Waals surface area (Å²) in [6.45, 7) is 0.307. The molecule has 3 heterocycles. The monoisotopic (exact) mass is 380 g/mol.